The fraction of sp³-hybridized carbons (Fsp3) is 0.375. The minimum Gasteiger partial charge on any atom is -0.493 e. The second kappa shape index (κ2) is 10.6. The highest BCUT2D eigenvalue weighted by molar-refractivity contribution is 5.98. The van der Waals surface area contributed by atoms with Gasteiger partial charge in [-0.15, -0.1) is 0 Å². The van der Waals surface area contributed by atoms with Crippen LogP contribution in [0.3, 0.4) is 0 Å². The molecule has 1 aliphatic rings. The number of ether oxygens (including phenoxy) is 2. The van der Waals surface area contributed by atoms with Gasteiger partial charge in [0.05, 0.1) is 18.2 Å². The van der Waals surface area contributed by atoms with Crippen molar-refractivity contribution in [1.82, 2.24) is 10.6 Å². The molecule has 7 heteroatoms. The quantitative estimate of drug-likeness (QED) is 0.636. The second-order valence-electron chi connectivity index (χ2n) is 7.40. The summed E-state index contributed by atoms with van der Waals surface area (Å²) < 4.78 is 10.6. The summed E-state index contributed by atoms with van der Waals surface area (Å²) in [5.41, 5.74) is 2.68. The normalized spacial score (nSPS) is 15.9. The molecule has 31 heavy (non-hydrogen) atoms. The number of benzene rings is 2. The molecule has 0 saturated carbocycles. The van der Waals surface area contributed by atoms with Crippen molar-refractivity contribution in [2.75, 3.05) is 13.2 Å². The number of hydrogen-bond donors (Lipinski definition) is 2. The summed E-state index contributed by atoms with van der Waals surface area (Å²) in [4.78, 5) is 37.1. The lowest BCUT2D eigenvalue weighted by atomic mass is 9.87. The van der Waals surface area contributed by atoms with Gasteiger partial charge in [-0.2, -0.15) is 0 Å². The molecular weight excluding hydrogens is 396 g/mol. The van der Waals surface area contributed by atoms with Gasteiger partial charge >= 0.3 is 5.97 Å². The number of carbonyl (C=O) groups excluding carboxylic acids is 3. The van der Waals surface area contributed by atoms with Crippen molar-refractivity contribution >= 4 is 17.8 Å². The number of nitrogens with one attached hydrogen (secondary N) is 2. The van der Waals surface area contributed by atoms with E-state index in [4.69, 9.17) is 9.47 Å². The minimum atomic E-state index is -0.964. The molecule has 2 N–H and O–H groups in total. The summed E-state index contributed by atoms with van der Waals surface area (Å²) in [5, 5.41) is 5.48. The Morgan fingerprint density at radius 3 is 2.65 bits per heavy atom. The first-order valence-corrected chi connectivity index (χ1v) is 10.6. The fourth-order valence-electron chi connectivity index (χ4n) is 3.67. The molecule has 1 aliphatic carbocycles. The monoisotopic (exact) mass is 424 g/mol. The zero-order valence-electron chi connectivity index (χ0n) is 17.9. The van der Waals surface area contributed by atoms with Crippen molar-refractivity contribution in [1.29, 1.82) is 0 Å². The maximum atomic E-state index is 12.5. The molecular formula is C24H28N2O5. The molecule has 7 nitrogen and oxygen atoms in total. The third-order valence-corrected chi connectivity index (χ3v) is 5.19. The van der Waals surface area contributed by atoms with Crippen LogP contribution in [-0.2, 0) is 20.7 Å². The van der Waals surface area contributed by atoms with Gasteiger partial charge < -0.3 is 20.1 Å². The van der Waals surface area contributed by atoms with Crippen molar-refractivity contribution in [3.63, 3.8) is 0 Å². The molecule has 0 bridgehead atoms. The summed E-state index contributed by atoms with van der Waals surface area (Å²) in [7, 11) is 0. The van der Waals surface area contributed by atoms with Gasteiger partial charge in [0, 0.05) is 0 Å². The van der Waals surface area contributed by atoms with Gasteiger partial charge in [0.1, 0.15) is 12.3 Å². The van der Waals surface area contributed by atoms with E-state index < -0.39 is 18.0 Å². The first-order valence-electron chi connectivity index (χ1n) is 10.6. The lowest BCUT2D eigenvalue weighted by molar-refractivity contribution is -0.154. The average Bonchev–Trinajstić information content (AvgIpc) is 2.78. The minimum absolute atomic E-state index is 0.0895. The van der Waals surface area contributed by atoms with Crippen LogP contribution in [0.15, 0.2) is 48.5 Å². The van der Waals surface area contributed by atoms with E-state index in [0.717, 1.165) is 24.8 Å². The Bertz CT molecular complexity index is 943. The highest BCUT2D eigenvalue weighted by atomic mass is 16.5. The summed E-state index contributed by atoms with van der Waals surface area (Å²) in [6, 6.07) is 14.7. The zero-order valence-corrected chi connectivity index (χ0v) is 17.9. The zero-order chi connectivity index (χ0) is 22.2. The van der Waals surface area contributed by atoms with E-state index in [1.54, 1.807) is 24.3 Å². The van der Waals surface area contributed by atoms with Gasteiger partial charge in [0.25, 0.3) is 11.8 Å². The maximum absolute atomic E-state index is 12.5. The molecule has 0 spiro atoms. The van der Waals surface area contributed by atoms with Crippen LogP contribution in [-0.4, -0.2) is 37.0 Å². The van der Waals surface area contributed by atoms with Crippen LogP contribution in [0.25, 0.3) is 0 Å². The van der Waals surface area contributed by atoms with Crippen molar-refractivity contribution in [2.24, 2.45) is 0 Å². The molecule has 0 heterocycles. The number of aryl methyl sites for hydroxylation is 1. The third kappa shape index (κ3) is 5.84. The fourth-order valence-corrected chi connectivity index (χ4v) is 3.67. The number of hydrogen-bond acceptors (Lipinski definition) is 5. The lowest BCUT2D eigenvalue weighted by Crippen LogP contribution is -2.41. The van der Waals surface area contributed by atoms with E-state index >= 15 is 0 Å². The van der Waals surface area contributed by atoms with Crippen molar-refractivity contribution < 1.29 is 23.9 Å². The smallest absolute Gasteiger partial charge is 0.326 e. The van der Waals surface area contributed by atoms with E-state index in [9.17, 15) is 14.4 Å². The Hall–Kier alpha value is -3.35. The van der Waals surface area contributed by atoms with Crippen molar-refractivity contribution in [3.05, 3.63) is 65.2 Å². The summed E-state index contributed by atoms with van der Waals surface area (Å²) in [6.07, 6.45) is 1.87. The second-order valence-corrected chi connectivity index (χ2v) is 7.40. The summed E-state index contributed by atoms with van der Waals surface area (Å²) in [6.45, 7) is 3.42. The van der Waals surface area contributed by atoms with Gasteiger partial charge in [0.2, 0.25) is 0 Å². The summed E-state index contributed by atoms with van der Waals surface area (Å²) >= 11 is 0. The van der Waals surface area contributed by atoms with Gasteiger partial charge in [-0.25, -0.2) is 0 Å². The van der Waals surface area contributed by atoms with E-state index in [0.29, 0.717) is 17.9 Å². The Morgan fingerprint density at radius 1 is 1.10 bits per heavy atom. The first-order chi connectivity index (χ1) is 15.0. The van der Waals surface area contributed by atoms with Crippen LogP contribution in [0.5, 0.6) is 5.75 Å². The van der Waals surface area contributed by atoms with Crippen molar-refractivity contribution in [3.8, 4) is 5.75 Å². The van der Waals surface area contributed by atoms with Crippen LogP contribution in [0, 0.1) is 0 Å². The molecule has 2 aromatic carbocycles. The molecule has 0 aliphatic heterocycles. The Morgan fingerprint density at radius 2 is 1.84 bits per heavy atom. The van der Waals surface area contributed by atoms with Gasteiger partial charge in [-0.3, -0.25) is 14.4 Å². The number of esters is 1. The van der Waals surface area contributed by atoms with Crippen LogP contribution in [0.2, 0.25) is 0 Å². The van der Waals surface area contributed by atoms with E-state index in [2.05, 4.69) is 16.7 Å². The Balaban J connectivity index is 1.49. The topological polar surface area (TPSA) is 93.7 Å². The van der Waals surface area contributed by atoms with Gasteiger partial charge in [-0.1, -0.05) is 36.4 Å². The van der Waals surface area contributed by atoms with Crippen LogP contribution < -0.4 is 15.4 Å². The highest BCUT2D eigenvalue weighted by Gasteiger charge is 2.25. The number of amides is 2. The van der Waals surface area contributed by atoms with Gasteiger partial charge in [0.15, 0.2) is 6.10 Å². The molecule has 2 aromatic rings. The molecule has 3 rings (SSSR count). The van der Waals surface area contributed by atoms with E-state index in [1.807, 2.05) is 25.1 Å². The number of para-hydroxylation sites is 1. The molecule has 164 valence electrons. The molecule has 2 amide bonds. The van der Waals surface area contributed by atoms with Crippen LogP contribution in [0.4, 0.5) is 0 Å². The third-order valence-electron chi connectivity index (χ3n) is 5.19. The first kappa shape index (κ1) is 22.3. The lowest BCUT2D eigenvalue weighted by Gasteiger charge is -2.27. The highest BCUT2D eigenvalue weighted by Crippen LogP contribution is 2.29. The molecule has 0 saturated heterocycles. The van der Waals surface area contributed by atoms with E-state index in [-0.39, 0.29) is 18.5 Å². The van der Waals surface area contributed by atoms with Gasteiger partial charge in [-0.05, 0) is 56.4 Å². The average molecular weight is 424 g/mol. The van der Waals surface area contributed by atoms with Crippen LogP contribution >= 0.6 is 0 Å². The van der Waals surface area contributed by atoms with Crippen LogP contribution in [0.1, 0.15) is 54.2 Å². The summed E-state index contributed by atoms with van der Waals surface area (Å²) in [5.74, 6) is -1.05. The SMILES string of the molecule is CCOc1ccccc1C(=O)NCC(=O)O[C@@H](C)C(=O)N[C@@H]1CCCc2ccccc21. The van der Waals surface area contributed by atoms with Crippen molar-refractivity contribution in [2.45, 2.75) is 45.3 Å². The number of rotatable bonds is 8. The molecule has 0 fully saturated rings. The molecule has 0 unspecified atom stereocenters. The Labute approximate surface area is 182 Å². The molecule has 2 atom stereocenters. The molecule has 0 aromatic heterocycles. The predicted octanol–water partition coefficient (Wildman–Crippen LogP) is 2.94. The number of carbonyl (C=O) groups is 3. The molecule has 0 radical (unpaired) electrons. The standard InChI is InChI=1S/C24H28N2O5/c1-3-30-21-14-7-6-12-19(21)24(29)25-15-22(27)31-16(2)23(28)26-20-13-8-10-17-9-4-5-11-18(17)20/h4-7,9,11-12,14,16,20H,3,8,10,13,15H2,1-2H3,(H,25,29)(H,26,28)/t16-,20+/m0/s1. The maximum Gasteiger partial charge on any atom is 0.326 e. The largest absolute Gasteiger partial charge is 0.493 e. The number of fused-ring (bicyclic) bond motifs is 1. The van der Waals surface area contributed by atoms with E-state index in [1.165, 1.54) is 12.5 Å². The predicted molar refractivity (Wildman–Crippen MR) is 116 cm³/mol. The Kier molecular flexibility index (Phi) is 7.65.